The van der Waals surface area contributed by atoms with E-state index in [1.807, 2.05) is 51.6 Å². The summed E-state index contributed by atoms with van der Waals surface area (Å²) < 4.78 is 6.53. The zero-order valence-electron chi connectivity index (χ0n) is 19.6. The quantitative estimate of drug-likeness (QED) is 0.340. The molecule has 4 heterocycles. The van der Waals surface area contributed by atoms with Crippen LogP contribution in [0.1, 0.15) is 25.6 Å². The molecule has 1 aromatic carbocycles. The predicted octanol–water partition coefficient (Wildman–Crippen LogP) is 3.58. The van der Waals surface area contributed by atoms with Crippen molar-refractivity contribution in [1.29, 1.82) is 0 Å². The Hall–Kier alpha value is -2.53. The first kappa shape index (κ1) is 23.2. The topological polar surface area (TPSA) is 92.3 Å². The predicted molar refractivity (Wildman–Crippen MR) is 141 cm³/mol. The molecule has 2 aliphatic heterocycles. The van der Waals surface area contributed by atoms with Crippen LogP contribution in [-0.4, -0.2) is 68.0 Å². The smallest absolute Gasteiger partial charge is 0.240 e. The van der Waals surface area contributed by atoms with Crippen LogP contribution < -0.4 is 15.4 Å². The van der Waals surface area contributed by atoms with Crippen molar-refractivity contribution in [2.75, 3.05) is 32.1 Å². The van der Waals surface area contributed by atoms with Crippen LogP contribution in [0.15, 0.2) is 36.8 Å². The second-order valence-electron chi connectivity index (χ2n) is 9.40. The Morgan fingerprint density at radius 3 is 2.79 bits per heavy atom. The minimum Gasteiger partial charge on any atom is -0.491 e. The first-order valence-electron chi connectivity index (χ1n) is 11.6. The molecule has 5 rings (SSSR count). The van der Waals surface area contributed by atoms with Gasteiger partial charge in [0, 0.05) is 48.0 Å². The van der Waals surface area contributed by atoms with Crippen molar-refractivity contribution in [1.82, 2.24) is 25.2 Å². The summed E-state index contributed by atoms with van der Waals surface area (Å²) in [7, 11) is 2.03. The fraction of sp³-hybridized carbons (Fsp3) is 0.440. The Balaban J connectivity index is 1.60. The third-order valence-corrected chi connectivity index (χ3v) is 7.76. The standard InChI is InChI=1S/C25H29IN6O2/c1-15-27-10-16(11-28-15)20-4-5-22-21-8-19(13-29-22)31-18-6-7-32(3)25(2,9-18)24(33)30-12-17(26)14-34-23(20)21/h4-5,8,10-11,13,17-18,31H,6-7,9,12,14H2,1-3H3,(H,30,33). The normalized spacial score (nSPS) is 25.8. The molecule has 9 heteroatoms. The van der Waals surface area contributed by atoms with E-state index < -0.39 is 5.54 Å². The number of ether oxygens (including phenoxy) is 1. The number of aromatic nitrogens is 3. The van der Waals surface area contributed by atoms with E-state index in [0.29, 0.717) is 13.2 Å². The number of anilines is 1. The van der Waals surface area contributed by atoms with E-state index in [1.165, 1.54) is 0 Å². The van der Waals surface area contributed by atoms with Crippen LogP contribution in [0.25, 0.3) is 22.0 Å². The number of benzene rings is 1. The first-order valence-corrected chi connectivity index (χ1v) is 12.8. The molecule has 3 atom stereocenters. The van der Waals surface area contributed by atoms with E-state index >= 15 is 0 Å². The van der Waals surface area contributed by atoms with Gasteiger partial charge in [-0.05, 0) is 51.9 Å². The third kappa shape index (κ3) is 4.43. The van der Waals surface area contributed by atoms with Gasteiger partial charge in [-0.1, -0.05) is 22.6 Å². The molecular formula is C25H29IN6O2. The molecule has 0 spiro atoms. The summed E-state index contributed by atoms with van der Waals surface area (Å²) in [5, 5.41) is 7.76. The SMILES string of the molecule is Cc1ncc(-c2ccc3ncc4cc3c2OCC(I)CNC(=O)C2(C)CC(CCN2C)N4)cn1. The molecule has 0 saturated carbocycles. The number of nitrogens with one attached hydrogen (secondary N) is 2. The van der Waals surface area contributed by atoms with Crippen molar-refractivity contribution >= 4 is 45.1 Å². The lowest BCUT2D eigenvalue weighted by molar-refractivity contribution is -0.134. The van der Waals surface area contributed by atoms with Crippen LogP contribution >= 0.6 is 22.6 Å². The molecule has 2 aromatic heterocycles. The van der Waals surface area contributed by atoms with E-state index in [-0.39, 0.29) is 15.9 Å². The Kier molecular flexibility index (Phi) is 6.32. The van der Waals surface area contributed by atoms with Gasteiger partial charge >= 0.3 is 0 Å². The Morgan fingerprint density at radius 2 is 2.00 bits per heavy atom. The number of amides is 1. The van der Waals surface area contributed by atoms with Gasteiger partial charge in [0.1, 0.15) is 18.2 Å². The van der Waals surface area contributed by atoms with Gasteiger partial charge < -0.3 is 15.4 Å². The number of hydrogen-bond acceptors (Lipinski definition) is 7. The molecule has 1 amide bonds. The Bertz CT molecular complexity index is 1220. The number of rotatable bonds is 1. The van der Waals surface area contributed by atoms with Crippen molar-refractivity contribution in [3.63, 3.8) is 0 Å². The van der Waals surface area contributed by atoms with Gasteiger partial charge in [0.05, 0.1) is 26.9 Å². The number of likely N-dealkylation sites (tertiary alicyclic amines) is 1. The fourth-order valence-electron chi connectivity index (χ4n) is 4.75. The molecule has 178 valence electrons. The van der Waals surface area contributed by atoms with Gasteiger partial charge in [0.2, 0.25) is 5.91 Å². The van der Waals surface area contributed by atoms with Crippen molar-refractivity contribution in [2.24, 2.45) is 0 Å². The maximum absolute atomic E-state index is 13.2. The van der Waals surface area contributed by atoms with E-state index in [1.54, 1.807) is 0 Å². The lowest BCUT2D eigenvalue weighted by Gasteiger charge is -2.45. The molecule has 0 radical (unpaired) electrons. The van der Waals surface area contributed by atoms with E-state index in [9.17, 15) is 4.79 Å². The van der Waals surface area contributed by atoms with Gasteiger partial charge in [0.15, 0.2) is 0 Å². The van der Waals surface area contributed by atoms with Gasteiger partial charge in [-0.2, -0.15) is 0 Å². The lowest BCUT2D eigenvalue weighted by Crippen LogP contribution is -2.61. The second kappa shape index (κ2) is 9.26. The summed E-state index contributed by atoms with van der Waals surface area (Å²) in [6, 6.07) is 6.31. The molecule has 3 aromatic rings. The average Bonchev–Trinajstić information content (AvgIpc) is 2.83. The van der Waals surface area contributed by atoms with Gasteiger partial charge in [-0.25, -0.2) is 9.97 Å². The number of carbonyl (C=O) groups excluding carboxylic acids is 1. The summed E-state index contributed by atoms with van der Waals surface area (Å²) in [5.74, 6) is 1.55. The first-order chi connectivity index (χ1) is 16.3. The van der Waals surface area contributed by atoms with Crippen LogP contribution in [0.4, 0.5) is 5.69 Å². The van der Waals surface area contributed by atoms with Crippen LogP contribution in [-0.2, 0) is 4.79 Å². The molecule has 8 nitrogen and oxygen atoms in total. The number of aryl methyl sites for hydroxylation is 1. The average molecular weight is 572 g/mol. The summed E-state index contributed by atoms with van der Waals surface area (Å²) in [6.07, 6.45) is 7.19. The van der Waals surface area contributed by atoms with Crippen molar-refractivity contribution in [3.05, 3.63) is 42.6 Å². The molecule has 1 saturated heterocycles. The number of piperidine rings is 1. The molecular weight excluding hydrogens is 543 g/mol. The molecule has 3 unspecified atom stereocenters. The highest BCUT2D eigenvalue weighted by atomic mass is 127. The van der Waals surface area contributed by atoms with Gasteiger partial charge in [-0.15, -0.1) is 0 Å². The molecule has 34 heavy (non-hydrogen) atoms. The van der Waals surface area contributed by atoms with Crippen molar-refractivity contribution in [2.45, 2.75) is 42.2 Å². The number of hydrogen-bond donors (Lipinski definition) is 2. The van der Waals surface area contributed by atoms with E-state index in [2.05, 4.69) is 54.2 Å². The van der Waals surface area contributed by atoms with Crippen LogP contribution in [0.3, 0.4) is 0 Å². The highest BCUT2D eigenvalue weighted by molar-refractivity contribution is 14.1. The molecule has 0 aliphatic carbocycles. The Labute approximate surface area is 213 Å². The molecule has 4 bridgehead atoms. The van der Waals surface area contributed by atoms with Gasteiger partial charge in [-0.3, -0.25) is 14.7 Å². The maximum atomic E-state index is 13.2. The zero-order chi connectivity index (χ0) is 23.9. The van der Waals surface area contributed by atoms with E-state index in [4.69, 9.17) is 9.72 Å². The molecule has 2 N–H and O–H groups in total. The summed E-state index contributed by atoms with van der Waals surface area (Å²) in [6.45, 7) is 5.75. The number of halogens is 1. The largest absolute Gasteiger partial charge is 0.491 e. The number of carbonyl (C=O) groups is 1. The lowest BCUT2D eigenvalue weighted by atomic mass is 9.84. The number of likely N-dealkylation sites (N-methyl/N-ethyl adjacent to an activating group) is 1. The van der Waals surface area contributed by atoms with Crippen LogP contribution in [0.2, 0.25) is 0 Å². The third-order valence-electron chi connectivity index (χ3n) is 6.96. The molecule has 1 fully saturated rings. The van der Waals surface area contributed by atoms with Gasteiger partial charge in [0.25, 0.3) is 0 Å². The van der Waals surface area contributed by atoms with Crippen molar-refractivity contribution < 1.29 is 9.53 Å². The fourth-order valence-corrected chi connectivity index (χ4v) is 5.15. The Morgan fingerprint density at radius 1 is 1.21 bits per heavy atom. The summed E-state index contributed by atoms with van der Waals surface area (Å²) in [5.41, 5.74) is 3.06. The monoisotopic (exact) mass is 572 g/mol. The summed E-state index contributed by atoms with van der Waals surface area (Å²) >= 11 is 2.35. The highest BCUT2D eigenvalue weighted by Crippen LogP contribution is 2.38. The minimum absolute atomic E-state index is 0.0618. The number of fused-ring (bicyclic) bond motifs is 3. The number of pyridine rings is 1. The minimum atomic E-state index is -0.564. The summed E-state index contributed by atoms with van der Waals surface area (Å²) in [4.78, 5) is 28.9. The van der Waals surface area contributed by atoms with Crippen LogP contribution in [0.5, 0.6) is 5.75 Å². The highest BCUT2D eigenvalue weighted by Gasteiger charge is 2.42. The number of alkyl halides is 1. The number of nitrogens with zero attached hydrogens (tertiary/aromatic N) is 4. The zero-order valence-corrected chi connectivity index (χ0v) is 21.8. The van der Waals surface area contributed by atoms with E-state index in [0.717, 1.165) is 58.7 Å². The molecule has 2 aliphatic rings. The maximum Gasteiger partial charge on any atom is 0.240 e. The second-order valence-corrected chi connectivity index (χ2v) is 11.2. The van der Waals surface area contributed by atoms with Crippen LogP contribution in [0, 0.1) is 6.92 Å². The van der Waals surface area contributed by atoms with Crippen molar-refractivity contribution in [3.8, 4) is 16.9 Å².